The van der Waals surface area contributed by atoms with Crippen molar-refractivity contribution in [3.63, 3.8) is 0 Å². The maximum absolute atomic E-state index is 12.3. The molecule has 0 radical (unpaired) electrons. The monoisotopic (exact) mass is 358 g/mol. The summed E-state index contributed by atoms with van der Waals surface area (Å²) in [6, 6.07) is 6.91. The van der Waals surface area contributed by atoms with Gasteiger partial charge in [0, 0.05) is 6.07 Å². The van der Waals surface area contributed by atoms with Crippen LogP contribution in [-0.4, -0.2) is 8.42 Å². The Labute approximate surface area is 126 Å². The van der Waals surface area contributed by atoms with Gasteiger partial charge in [-0.25, -0.2) is 8.42 Å². The van der Waals surface area contributed by atoms with Crippen LogP contribution in [0.3, 0.4) is 0 Å². The molecule has 7 heteroatoms. The first kappa shape index (κ1) is 15.1. The van der Waals surface area contributed by atoms with Gasteiger partial charge >= 0.3 is 0 Å². The van der Waals surface area contributed by atoms with Crippen molar-refractivity contribution in [1.82, 2.24) is 0 Å². The predicted molar refractivity (Wildman–Crippen MR) is 81.0 cm³/mol. The van der Waals surface area contributed by atoms with Crippen LogP contribution in [0.4, 0.5) is 5.69 Å². The van der Waals surface area contributed by atoms with Crippen molar-refractivity contribution in [3.05, 3.63) is 45.8 Å². The summed E-state index contributed by atoms with van der Waals surface area (Å²) in [5.41, 5.74) is 7.90. The molecular weight excluding hydrogens is 344 g/mol. The summed E-state index contributed by atoms with van der Waals surface area (Å²) < 4.78 is 32.6. The normalized spacial score (nSPS) is 11.6. The summed E-state index contributed by atoms with van der Waals surface area (Å²) in [5, 5.41) is 0. The molecule has 2 aromatic rings. The van der Waals surface area contributed by atoms with Gasteiger partial charge in [0.15, 0.2) is 4.67 Å². The minimum atomic E-state index is -3.71. The molecule has 5 nitrogen and oxygen atoms in total. The minimum Gasteiger partial charge on any atom is -0.452 e. The minimum absolute atomic E-state index is 0.0397. The smallest absolute Gasteiger partial charge is 0.266 e. The Hall–Kier alpha value is -1.31. The van der Waals surface area contributed by atoms with Gasteiger partial charge < -0.3 is 10.2 Å². The molecule has 0 bridgehead atoms. The predicted octanol–water partition coefficient (Wildman–Crippen LogP) is 2.92. The van der Waals surface area contributed by atoms with E-state index in [9.17, 15) is 8.42 Å². The number of halogens is 1. The molecule has 0 aliphatic carbocycles. The van der Waals surface area contributed by atoms with E-state index in [0.29, 0.717) is 11.4 Å². The highest BCUT2D eigenvalue weighted by Gasteiger charge is 2.22. The first-order valence-electron chi connectivity index (χ1n) is 5.92. The Balaban J connectivity index is 2.38. The molecule has 1 heterocycles. The Morgan fingerprint density at radius 1 is 1.30 bits per heavy atom. The average molecular weight is 359 g/mol. The third kappa shape index (κ3) is 3.05. The third-order valence-corrected chi connectivity index (χ3v) is 5.05. The zero-order chi connectivity index (χ0) is 14.9. The van der Waals surface area contributed by atoms with Crippen LogP contribution in [0.25, 0.3) is 0 Å². The summed E-state index contributed by atoms with van der Waals surface area (Å²) in [4.78, 5) is 0.0397. The highest BCUT2D eigenvalue weighted by molar-refractivity contribution is 9.10. The summed E-state index contributed by atoms with van der Waals surface area (Å²) >= 11 is 3.10. The molecule has 1 aromatic carbocycles. The molecule has 0 unspecified atom stereocenters. The Morgan fingerprint density at radius 2 is 2.00 bits per heavy atom. The number of furan rings is 1. The lowest BCUT2D eigenvalue weighted by atomic mass is 10.1. The second-order valence-corrected chi connectivity index (χ2v) is 6.85. The number of nitrogens with two attached hydrogens (primary N) is 1. The highest BCUT2D eigenvalue weighted by atomic mass is 79.9. The van der Waals surface area contributed by atoms with Gasteiger partial charge in [0.2, 0.25) is 0 Å². The van der Waals surface area contributed by atoms with Gasteiger partial charge in [0.1, 0.15) is 10.7 Å². The van der Waals surface area contributed by atoms with E-state index < -0.39 is 10.0 Å². The summed E-state index contributed by atoms with van der Waals surface area (Å²) in [6.45, 7) is 3.93. The Morgan fingerprint density at radius 3 is 2.55 bits per heavy atom. The molecule has 108 valence electrons. The van der Waals surface area contributed by atoms with E-state index in [-0.39, 0.29) is 16.1 Å². The van der Waals surface area contributed by atoms with Crippen LogP contribution in [0.15, 0.2) is 38.2 Å². The molecule has 0 aliphatic heterocycles. The zero-order valence-corrected chi connectivity index (χ0v) is 13.5. The molecule has 3 N–H and O–H groups in total. The number of benzene rings is 1. The molecule has 1 aromatic heterocycles. The molecule has 0 fully saturated rings. The molecule has 2 rings (SSSR count). The first-order chi connectivity index (χ1) is 9.33. The summed E-state index contributed by atoms with van der Waals surface area (Å²) in [6.07, 6.45) is 0. The fourth-order valence-corrected chi connectivity index (χ4v) is 3.94. The standard InChI is InChI=1S/C13H15BrN2O3S/c1-8-3-4-11(9(2)5-8)16-20(17,18)12-6-10(7-15)19-13(12)14/h3-6,16H,7,15H2,1-2H3. The molecule has 0 saturated heterocycles. The van der Waals surface area contributed by atoms with Crippen molar-refractivity contribution >= 4 is 31.6 Å². The highest BCUT2D eigenvalue weighted by Crippen LogP contribution is 2.28. The van der Waals surface area contributed by atoms with Crippen LogP contribution in [0.5, 0.6) is 0 Å². The van der Waals surface area contributed by atoms with E-state index in [2.05, 4.69) is 20.7 Å². The molecule has 0 aliphatic rings. The molecule has 0 spiro atoms. The van der Waals surface area contributed by atoms with Gasteiger partial charge in [-0.2, -0.15) is 0 Å². The molecule has 0 amide bonds. The maximum Gasteiger partial charge on any atom is 0.266 e. The fraction of sp³-hybridized carbons (Fsp3) is 0.231. The van der Waals surface area contributed by atoms with Crippen molar-refractivity contribution in [2.75, 3.05) is 4.72 Å². The average Bonchev–Trinajstić information content (AvgIpc) is 2.75. The van der Waals surface area contributed by atoms with Crippen LogP contribution in [0.1, 0.15) is 16.9 Å². The van der Waals surface area contributed by atoms with E-state index in [0.717, 1.165) is 11.1 Å². The van der Waals surface area contributed by atoms with Crippen molar-refractivity contribution in [2.45, 2.75) is 25.3 Å². The molecule has 0 atom stereocenters. The summed E-state index contributed by atoms with van der Waals surface area (Å²) in [5.74, 6) is 0.401. The number of hydrogen-bond donors (Lipinski definition) is 2. The van der Waals surface area contributed by atoms with Crippen LogP contribution >= 0.6 is 15.9 Å². The van der Waals surface area contributed by atoms with Crippen LogP contribution < -0.4 is 10.5 Å². The lowest BCUT2D eigenvalue weighted by molar-refractivity contribution is 0.484. The fourth-order valence-electron chi connectivity index (χ4n) is 1.81. The third-order valence-electron chi connectivity index (χ3n) is 2.82. The number of anilines is 1. The Kier molecular flexibility index (Phi) is 4.22. The van der Waals surface area contributed by atoms with Crippen LogP contribution in [0.2, 0.25) is 0 Å². The van der Waals surface area contributed by atoms with Gasteiger partial charge in [-0.3, -0.25) is 4.72 Å². The molecule has 0 saturated carbocycles. The largest absolute Gasteiger partial charge is 0.452 e. The first-order valence-corrected chi connectivity index (χ1v) is 8.19. The van der Waals surface area contributed by atoms with E-state index >= 15 is 0 Å². The summed E-state index contributed by atoms with van der Waals surface area (Å²) in [7, 11) is -3.71. The van der Waals surface area contributed by atoms with Gasteiger partial charge in [-0.1, -0.05) is 17.7 Å². The topological polar surface area (TPSA) is 85.3 Å². The van der Waals surface area contributed by atoms with Crippen LogP contribution in [0, 0.1) is 13.8 Å². The maximum atomic E-state index is 12.3. The quantitative estimate of drug-likeness (QED) is 0.879. The zero-order valence-electron chi connectivity index (χ0n) is 11.1. The van der Waals surface area contributed by atoms with Crippen molar-refractivity contribution in [3.8, 4) is 0 Å². The SMILES string of the molecule is Cc1ccc(NS(=O)(=O)c2cc(CN)oc2Br)c(C)c1. The van der Waals surface area contributed by atoms with Gasteiger partial charge in [-0.05, 0) is 41.4 Å². The number of aryl methyl sites for hydroxylation is 2. The van der Waals surface area contributed by atoms with Gasteiger partial charge in [0.05, 0.1) is 12.2 Å². The molecule has 20 heavy (non-hydrogen) atoms. The van der Waals surface area contributed by atoms with E-state index in [1.54, 1.807) is 6.07 Å². The second-order valence-electron chi connectivity index (χ2n) is 4.48. The van der Waals surface area contributed by atoms with Gasteiger partial charge in [0.25, 0.3) is 10.0 Å². The number of sulfonamides is 1. The van der Waals surface area contributed by atoms with Gasteiger partial charge in [-0.15, -0.1) is 0 Å². The van der Waals surface area contributed by atoms with Crippen molar-refractivity contribution in [1.29, 1.82) is 0 Å². The molecular formula is C13H15BrN2O3S. The van der Waals surface area contributed by atoms with Crippen molar-refractivity contribution < 1.29 is 12.8 Å². The van der Waals surface area contributed by atoms with E-state index in [1.807, 2.05) is 26.0 Å². The number of nitrogens with one attached hydrogen (secondary N) is 1. The van der Waals surface area contributed by atoms with E-state index in [1.165, 1.54) is 6.07 Å². The number of hydrogen-bond acceptors (Lipinski definition) is 4. The van der Waals surface area contributed by atoms with Crippen LogP contribution in [-0.2, 0) is 16.6 Å². The van der Waals surface area contributed by atoms with Crippen molar-refractivity contribution in [2.24, 2.45) is 5.73 Å². The second kappa shape index (κ2) is 5.59. The lowest BCUT2D eigenvalue weighted by Crippen LogP contribution is -2.13. The number of rotatable bonds is 4. The lowest BCUT2D eigenvalue weighted by Gasteiger charge is -2.10. The Bertz CT molecular complexity index is 738. The van der Waals surface area contributed by atoms with E-state index in [4.69, 9.17) is 10.2 Å².